The summed E-state index contributed by atoms with van der Waals surface area (Å²) in [5, 5.41) is 5.70. The average molecular weight is 296 g/mol. The maximum Gasteiger partial charge on any atom is 0.319 e. The number of carbonyl (C=O) groups is 1. The van der Waals surface area contributed by atoms with Gasteiger partial charge in [-0.3, -0.25) is 4.21 Å². The summed E-state index contributed by atoms with van der Waals surface area (Å²) in [4.78, 5) is 12.0. The number of rotatable bonds is 6. The largest absolute Gasteiger partial charge is 0.334 e. The van der Waals surface area contributed by atoms with Crippen LogP contribution in [0.25, 0.3) is 0 Å². The summed E-state index contributed by atoms with van der Waals surface area (Å²) in [7, 11) is -0.912. The van der Waals surface area contributed by atoms with Crippen LogP contribution < -0.4 is 10.6 Å². The van der Waals surface area contributed by atoms with Crippen LogP contribution in [0, 0.1) is 0 Å². The molecule has 0 saturated heterocycles. The van der Waals surface area contributed by atoms with Crippen molar-refractivity contribution in [2.75, 3.05) is 17.3 Å². The number of nitrogens with one attached hydrogen (secondary N) is 2. The third-order valence-electron chi connectivity index (χ3n) is 3.07. The maximum atomic E-state index is 12.0. The van der Waals surface area contributed by atoms with Crippen molar-refractivity contribution in [3.63, 3.8) is 0 Å². The van der Waals surface area contributed by atoms with Crippen molar-refractivity contribution in [1.82, 2.24) is 5.32 Å². The van der Waals surface area contributed by atoms with Gasteiger partial charge in [-0.25, -0.2) is 4.79 Å². The van der Waals surface area contributed by atoms with E-state index in [2.05, 4.69) is 36.6 Å². The van der Waals surface area contributed by atoms with E-state index in [0.717, 1.165) is 24.1 Å². The van der Waals surface area contributed by atoms with Crippen LogP contribution in [0.1, 0.15) is 31.9 Å². The minimum Gasteiger partial charge on any atom is -0.334 e. The van der Waals surface area contributed by atoms with Gasteiger partial charge in [0.15, 0.2) is 0 Å². The molecule has 2 N–H and O–H groups in total. The van der Waals surface area contributed by atoms with E-state index in [-0.39, 0.29) is 12.1 Å². The number of urea groups is 1. The molecule has 0 heterocycles. The van der Waals surface area contributed by atoms with Gasteiger partial charge in [0.1, 0.15) is 0 Å². The highest BCUT2D eigenvalue weighted by molar-refractivity contribution is 7.84. The van der Waals surface area contributed by atoms with E-state index in [9.17, 15) is 9.00 Å². The SMILES string of the molecule is CCc1ccc(CC)c(NC(=O)N[C@H](C)C[S@@](C)=O)c1. The van der Waals surface area contributed by atoms with E-state index >= 15 is 0 Å². The monoisotopic (exact) mass is 296 g/mol. The Morgan fingerprint density at radius 1 is 1.30 bits per heavy atom. The molecule has 0 aliphatic carbocycles. The summed E-state index contributed by atoms with van der Waals surface area (Å²) in [5.74, 6) is 0.461. The Balaban J connectivity index is 2.71. The fourth-order valence-electron chi connectivity index (χ4n) is 2.04. The van der Waals surface area contributed by atoms with Crippen molar-refractivity contribution in [2.45, 2.75) is 39.7 Å². The van der Waals surface area contributed by atoms with Crippen molar-refractivity contribution >= 4 is 22.5 Å². The molecule has 0 unspecified atom stereocenters. The van der Waals surface area contributed by atoms with Gasteiger partial charge in [0.2, 0.25) is 0 Å². The standard InChI is InChI=1S/C15H24N2O2S/c1-5-12-7-8-13(6-2)14(9-12)17-15(18)16-11(3)10-20(4)19/h7-9,11H,5-6,10H2,1-4H3,(H2,16,17,18)/t11-,20-/m1/s1. The molecule has 1 rings (SSSR count). The van der Waals surface area contributed by atoms with Crippen LogP contribution in [0.2, 0.25) is 0 Å². The van der Waals surface area contributed by atoms with Crippen molar-refractivity contribution in [3.05, 3.63) is 29.3 Å². The summed E-state index contributed by atoms with van der Waals surface area (Å²) < 4.78 is 11.1. The summed E-state index contributed by atoms with van der Waals surface area (Å²) in [6.45, 7) is 6.00. The molecule has 20 heavy (non-hydrogen) atoms. The molecule has 0 bridgehead atoms. The Bertz CT molecular complexity index is 489. The van der Waals surface area contributed by atoms with E-state index in [4.69, 9.17) is 0 Å². The molecular formula is C15H24N2O2S. The first kappa shape index (κ1) is 16.7. The van der Waals surface area contributed by atoms with E-state index in [1.54, 1.807) is 6.26 Å². The van der Waals surface area contributed by atoms with Gasteiger partial charge in [-0.2, -0.15) is 0 Å². The van der Waals surface area contributed by atoms with E-state index in [1.807, 2.05) is 13.0 Å². The first-order valence-electron chi connectivity index (χ1n) is 6.95. The lowest BCUT2D eigenvalue weighted by Crippen LogP contribution is -2.39. The predicted molar refractivity (Wildman–Crippen MR) is 85.7 cm³/mol. The van der Waals surface area contributed by atoms with Crippen LogP contribution in [0.3, 0.4) is 0 Å². The molecule has 0 radical (unpaired) electrons. The summed E-state index contributed by atoms with van der Waals surface area (Å²) >= 11 is 0. The Morgan fingerprint density at radius 3 is 2.55 bits per heavy atom. The van der Waals surface area contributed by atoms with Crippen LogP contribution in [-0.4, -0.2) is 28.3 Å². The highest BCUT2D eigenvalue weighted by Crippen LogP contribution is 2.19. The van der Waals surface area contributed by atoms with E-state index in [0.29, 0.717) is 5.75 Å². The predicted octanol–water partition coefficient (Wildman–Crippen LogP) is 2.70. The number of carbonyl (C=O) groups excluding carboxylic acids is 1. The second-order valence-corrected chi connectivity index (χ2v) is 6.42. The van der Waals surface area contributed by atoms with Gasteiger partial charge in [-0.15, -0.1) is 0 Å². The minimum atomic E-state index is -0.912. The van der Waals surface area contributed by atoms with Gasteiger partial charge in [-0.05, 0) is 37.0 Å². The van der Waals surface area contributed by atoms with Crippen molar-refractivity contribution in [3.8, 4) is 0 Å². The van der Waals surface area contributed by atoms with Gasteiger partial charge < -0.3 is 10.6 Å². The van der Waals surface area contributed by atoms with Gasteiger partial charge in [-0.1, -0.05) is 26.0 Å². The fraction of sp³-hybridized carbons (Fsp3) is 0.533. The van der Waals surface area contributed by atoms with Crippen LogP contribution in [0.4, 0.5) is 10.5 Å². The molecule has 112 valence electrons. The third kappa shape index (κ3) is 5.33. The Labute approximate surface area is 123 Å². The van der Waals surface area contributed by atoms with Crippen LogP contribution in [0.15, 0.2) is 18.2 Å². The first-order valence-corrected chi connectivity index (χ1v) is 8.68. The lowest BCUT2D eigenvalue weighted by molar-refractivity contribution is 0.250. The number of amides is 2. The summed E-state index contributed by atoms with van der Waals surface area (Å²) in [6, 6.07) is 5.80. The molecule has 1 aromatic rings. The molecule has 0 fully saturated rings. The van der Waals surface area contributed by atoms with Crippen molar-refractivity contribution in [1.29, 1.82) is 0 Å². The molecule has 0 saturated carbocycles. The lowest BCUT2D eigenvalue weighted by Gasteiger charge is -2.15. The van der Waals surface area contributed by atoms with E-state index < -0.39 is 10.8 Å². The zero-order valence-electron chi connectivity index (χ0n) is 12.7. The Hall–Kier alpha value is -1.36. The molecule has 1 aromatic carbocycles. The lowest BCUT2D eigenvalue weighted by atomic mass is 10.1. The number of anilines is 1. The second-order valence-electron chi connectivity index (χ2n) is 4.94. The molecular weight excluding hydrogens is 272 g/mol. The van der Waals surface area contributed by atoms with Gasteiger partial charge in [0, 0.05) is 34.5 Å². The Morgan fingerprint density at radius 2 is 2.00 bits per heavy atom. The smallest absolute Gasteiger partial charge is 0.319 e. The molecule has 5 heteroatoms. The topological polar surface area (TPSA) is 58.2 Å². The fourth-order valence-corrected chi connectivity index (χ4v) is 2.83. The summed E-state index contributed by atoms with van der Waals surface area (Å²) in [5.41, 5.74) is 3.17. The van der Waals surface area contributed by atoms with E-state index in [1.165, 1.54) is 5.56 Å². The minimum absolute atomic E-state index is 0.111. The molecule has 0 aliphatic rings. The molecule has 0 aromatic heterocycles. The van der Waals surface area contributed by atoms with Crippen LogP contribution >= 0.6 is 0 Å². The first-order chi connectivity index (χ1) is 9.46. The quantitative estimate of drug-likeness (QED) is 0.848. The number of benzene rings is 1. The normalized spacial score (nSPS) is 13.6. The molecule has 2 amide bonds. The molecule has 0 aliphatic heterocycles. The van der Waals surface area contributed by atoms with Crippen molar-refractivity contribution in [2.24, 2.45) is 0 Å². The zero-order chi connectivity index (χ0) is 15.1. The van der Waals surface area contributed by atoms with Gasteiger partial charge >= 0.3 is 6.03 Å². The number of hydrogen-bond donors (Lipinski definition) is 2. The highest BCUT2D eigenvalue weighted by atomic mass is 32.2. The highest BCUT2D eigenvalue weighted by Gasteiger charge is 2.10. The maximum absolute atomic E-state index is 12.0. The van der Waals surface area contributed by atoms with Gasteiger partial charge in [0.25, 0.3) is 0 Å². The molecule has 4 nitrogen and oxygen atoms in total. The second kappa shape index (κ2) is 8.04. The van der Waals surface area contributed by atoms with Crippen molar-refractivity contribution < 1.29 is 9.00 Å². The van der Waals surface area contributed by atoms with Crippen LogP contribution in [0.5, 0.6) is 0 Å². The zero-order valence-corrected chi connectivity index (χ0v) is 13.5. The third-order valence-corrected chi connectivity index (χ3v) is 4.04. The number of aryl methyl sites for hydroxylation is 2. The summed E-state index contributed by atoms with van der Waals surface area (Å²) in [6.07, 6.45) is 3.44. The number of hydrogen-bond acceptors (Lipinski definition) is 2. The van der Waals surface area contributed by atoms with Crippen LogP contribution in [-0.2, 0) is 23.6 Å². The average Bonchev–Trinajstić information content (AvgIpc) is 2.37. The molecule has 2 atom stereocenters. The van der Waals surface area contributed by atoms with Gasteiger partial charge in [0.05, 0.1) is 0 Å². The Kier molecular flexibility index (Phi) is 6.71. The molecule has 0 spiro atoms.